The molecule has 4 aromatic rings. The van der Waals surface area contributed by atoms with E-state index in [1.807, 2.05) is 25.1 Å². The Bertz CT molecular complexity index is 1160. The van der Waals surface area contributed by atoms with E-state index in [2.05, 4.69) is 25.6 Å². The molecule has 29 heavy (non-hydrogen) atoms. The van der Waals surface area contributed by atoms with Crippen LogP contribution in [-0.2, 0) is 13.1 Å². The molecule has 2 heterocycles. The molecule has 0 aliphatic carbocycles. The van der Waals surface area contributed by atoms with Crippen LogP contribution in [0.2, 0.25) is 0 Å². The number of benzene rings is 2. The summed E-state index contributed by atoms with van der Waals surface area (Å²) >= 11 is 1.27. The molecule has 0 bridgehead atoms. The Labute approximate surface area is 170 Å². The van der Waals surface area contributed by atoms with Crippen LogP contribution in [0.3, 0.4) is 0 Å². The lowest BCUT2D eigenvalue weighted by Crippen LogP contribution is -2.23. The summed E-state index contributed by atoms with van der Waals surface area (Å²) in [6.07, 6.45) is 1.52. The molecule has 0 radical (unpaired) electrons. The predicted molar refractivity (Wildman–Crippen MR) is 111 cm³/mol. The molecule has 0 saturated carbocycles. The second kappa shape index (κ2) is 8.32. The molecule has 0 atom stereocenters. The summed E-state index contributed by atoms with van der Waals surface area (Å²) in [5.74, 6) is 0.582. The van der Waals surface area contributed by atoms with Gasteiger partial charge in [-0.2, -0.15) is 0 Å². The van der Waals surface area contributed by atoms with Crippen molar-refractivity contribution < 1.29 is 9.18 Å². The van der Waals surface area contributed by atoms with E-state index in [0.717, 1.165) is 16.5 Å². The molecule has 1 amide bonds. The molecule has 4 rings (SSSR count). The number of anilines is 1. The van der Waals surface area contributed by atoms with Crippen molar-refractivity contribution in [2.45, 2.75) is 20.0 Å². The van der Waals surface area contributed by atoms with Crippen LogP contribution >= 0.6 is 11.3 Å². The monoisotopic (exact) mass is 407 g/mol. The fraction of sp³-hybridized carbons (Fsp3) is 0.143. The highest BCUT2D eigenvalue weighted by Crippen LogP contribution is 2.24. The van der Waals surface area contributed by atoms with Gasteiger partial charge in [-0.05, 0) is 24.6 Å². The van der Waals surface area contributed by atoms with Crippen LogP contribution in [0.1, 0.15) is 26.6 Å². The molecule has 0 fully saturated rings. The van der Waals surface area contributed by atoms with Gasteiger partial charge in [0.2, 0.25) is 0 Å². The zero-order valence-corrected chi connectivity index (χ0v) is 16.5. The first-order valence-corrected chi connectivity index (χ1v) is 9.90. The lowest BCUT2D eigenvalue weighted by atomic mass is 10.1. The number of thiazole rings is 1. The van der Waals surface area contributed by atoms with E-state index in [1.54, 1.807) is 23.7 Å². The van der Waals surface area contributed by atoms with Gasteiger partial charge in [0.05, 0.1) is 23.8 Å². The first kappa shape index (κ1) is 18.9. The number of carbonyl (C=O) groups is 1. The Morgan fingerprint density at radius 3 is 2.76 bits per heavy atom. The van der Waals surface area contributed by atoms with Crippen LogP contribution in [-0.4, -0.2) is 20.9 Å². The summed E-state index contributed by atoms with van der Waals surface area (Å²) in [4.78, 5) is 25.8. The average Bonchev–Trinajstić information content (AvgIpc) is 3.27. The molecule has 8 heteroatoms. The fourth-order valence-corrected chi connectivity index (χ4v) is 3.49. The maximum atomic E-state index is 14.0. The average molecular weight is 407 g/mol. The third kappa shape index (κ3) is 4.22. The van der Waals surface area contributed by atoms with E-state index in [-0.39, 0.29) is 18.3 Å². The lowest BCUT2D eigenvalue weighted by Gasteiger charge is -2.13. The van der Waals surface area contributed by atoms with Crippen molar-refractivity contribution in [3.63, 3.8) is 0 Å². The number of fused-ring (bicyclic) bond motifs is 1. The minimum atomic E-state index is -0.272. The number of amides is 1. The summed E-state index contributed by atoms with van der Waals surface area (Å²) in [7, 11) is 0. The smallest absolute Gasteiger partial charge is 0.263 e. The van der Waals surface area contributed by atoms with Crippen LogP contribution in [0.15, 0.2) is 54.2 Å². The number of aryl methyl sites for hydroxylation is 1. The molecule has 2 N–H and O–H groups in total. The molecule has 0 aliphatic rings. The van der Waals surface area contributed by atoms with E-state index in [9.17, 15) is 9.18 Å². The van der Waals surface area contributed by atoms with Crippen molar-refractivity contribution in [2.75, 3.05) is 5.32 Å². The van der Waals surface area contributed by atoms with Gasteiger partial charge in [-0.25, -0.2) is 14.4 Å². The topological polar surface area (TPSA) is 79.8 Å². The number of nitrogens with zero attached hydrogens (tertiary/aromatic N) is 3. The standard InChI is InChI=1S/C21H18FN5OS/c1-13-5-4-7-15-19(13)26-18(11-25-21(28)17-10-23-12-29-17)27-20(15)24-9-14-6-2-3-8-16(14)22/h2-8,10,12H,9,11H2,1H3,(H,25,28)(H,24,26,27). The zero-order chi connectivity index (χ0) is 20.2. The normalized spacial score (nSPS) is 10.8. The molecule has 0 aliphatic heterocycles. The minimum absolute atomic E-state index is 0.176. The van der Waals surface area contributed by atoms with Crippen LogP contribution in [0.4, 0.5) is 10.2 Å². The van der Waals surface area contributed by atoms with Crippen LogP contribution in [0, 0.1) is 12.7 Å². The highest BCUT2D eigenvalue weighted by Gasteiger charge is 2.12. The first-order chi connectivity index (χ1) is 14.1. The highest BCUT2D eigenvalue weighted by atomic mass is 32.1. The Kier molecular flexibility index (Phi) is 5.44. The summed E-state index contributed by atoms with van der Waals surface area (Å²) in [5.41, 5.74) is 3.94. The van der Waals surface area contributed by atoms with Crippen LogP contribution < -0.4 is 10.6 Å². The molecular formula is C21H18FN5OS. The molecule has 0 spiro atoms. The molecular weight excluding hydrogens is 389 g/mol. The zero-order valence-electron chi connectivity index (χ0n) is 15.6. The summed E-state index contributed by atoms with van der Waals surface area (Å²) in [6, 6.07) is 12.4. The van der Waals surface area contributed by atoms with Crippen molar-refractivity contribution in [3.05, 3.63) is 81.8 Å². The summed E-state index contributed by atoms with van der Waals surface area (Å²) in [5, 5.41) is 6.88. The van der Waals surface area contributed by atoms with Crippen molar-refractivity contribution in [3.8, 4) is 0 Å². The second-order valence-corrected chi connectivity index (χ2v) is 7.34. The lowest BCUT2D eigenvalue weighted by molar-refractivity contribution is 0.0953. The Morgan fingerprint density at radius 2 is 1.97 bits per heavy atom. The number of aromatic nitrogens is 3. The Morgan fingerprint density at radius 1 is 1.10 bits per heavy atom. The SMILES string of the molecule is Cc1cccc2c(NCc3ccccc3F)nc(CNC(=O)c3cncs3)nc12. The molecule has 2 aromatic heterocycles. The van der Waals surface area contributed by atoms with E-state index >= 15 is 0 Å². The van der Waals surface area contributed by atoms with Crippen LogP contribution in [0.5, 0.6) is 0 Å². The molecule has 6 nitrogen and oxygen atoms in total. The number of rotatable bonds is 6. The minimum Gasteiger partial charge on any atom is -0.365 e. The van der Waals surface area contributed by atoms with Crippen molar-refractivity contribution >= 4 is 34.0 Å². The number of hydrogen-bond acceptors (Lipinski definition) is 6. The maximum Gasteiger partial charge on any atom is 0.263 e. The van der Waals surface area contributed by atoms with E-state index in [1.165, 1.54) is 23.6 Å². The number of hydrogen-bond donors (Lipinski definition) is 2. The van der Waals surface area contributed by atoms with E-state index < -0.39 is 0 Å². The van der Waals surface area contributed by atoms with Crippen LogP contribution in [0.25, 0.3) is 10.9 Å². The molecule has 0 saturated heterocycles. The van der Waals surface area contributed by atoms with Crippen molar-refractivity contribution in [1.82, 2.24) is 20.3 Å². The number of halogens is 1. The van der Waals surface area contributed by atoms with Gasteiger partial charge in [-0.3, -0.25) is 9.78 Å². The van der Waals surface area contributed by atoms with Crippen molar-refractivity contribution in [2.24, 2.45) is 0 Å². The Hall–Kier alpha value is -3.39. The Balaban J connectivity index is 1.61. The molecule has 0 unspecified atom stereocenters. The third-order valence-corrected chi connectivity index (χ3v) is 5.21. The van der Waals surface area contributed by atoms with Gasteiger partial charge in [0.15, 0.2) is 5.82 Å². The summed E-state index contributed by atoms with van der Waals surface area (Å²) in [6.45, 7) is 2.43. The van der Waals surface area contributed by atoms with Gasteiger partial charge in [0, 0.05) is 17.5 Å². The third-order valence-electron chi connectivity index (χ3n) is 4.44. The van der Waals surface area contributed by atoms with Gasteiger partial charge in [-0.1, -0.05) is 30.3 Å². The highest BCUT2D eigenvalue weighted by molar-refractivity contribution is 7.11. The number of carbonyl (C=O) groups excluding carboxylic acids is 1. The van der Waals surface area contributed by atoms with Gasteiger partial charge < -0.3 is 10.6 Å². The first-order valence-electron chi connectivity index (χ1n) is 9.02. The molecule has 146 valence electrons. The number of para-hydroxylation sites is 1. The van der Waals surface area contributed by atoms with E-state index in [0.29, 0.717) is 28.6 Å². The largest absolute Gasteiger partial charge is 0.365 e. The number of nitrogens with one attached hydrogen (secondary N) is 2. The maximum absolute atomic E-state index is 14.0. The van der Waals surface area contributed by atoms with Gasteiger partial charge >= 0.3 is 0 Å². The molecule has 2 aromatic carbocycles. The van der Waals surface area contributed by atoms with Crippen molar-refractivity contribution in [1.29, 1.82) is 0 Å². The fourth-order valence-electron chi connectivity index (χ4n) is 2.95. The second-order valence-electron chi connectivity index (χ2n) is 6.45. The van der Waals surface area contributed by atoms with Gasteiger partial charge in [0.25, 0.3) is 5.91 Å². The predicted octanol–water partition coefficient (Wildman–Crippen LogP) is 4.08. The summed E-state index contributed by atoms with van der Waals surface area (Å²) < 4.78 is 14.0. The van der Waals surface area contributed by atoms with E-state index in [4.69, 9.17) is 0 Å². The van der Waals surface area contributed by atoms with Gasteiger partial charge in [0.1, 0.15) is 16.5 Å². The van der Waals surface area contributed by atoms with Gasteiger partial charge in [-0.15, -0.1) is 11.3 Å². The quantitative estimate of drug-likeness (QED) is 0.504.